The average Bonchev–Trinajstić information content (AvgIpc) is 1.85. The first-order chi connectivity index (χ1) is 5.22. The molecule has 1 heterocycles. The van der Waals surface area contributed by atoms with E-state index in [1.165, 1.54) is 0 Å². The van der Waals surface area contributed by atoms with Crippen LogP contribution < -0.4 is 0 Å². The lowest BCUT2D eigenvalue weighted by atomic mass is 10.1. The normalized spacial score (nSPS) is 32.4. The van der Waals surface area contributed by atoms with Crippen LogP contribution in [0.15, 0.2) is 12.2 Å². The number of esters is 1. The number of ether oxygens (including phenoxy) is 1. The lowest BCUT2D eigenvalue weighted by molar-refractivity contribution is -0.156. The van der Waals surface area contributed by atoms with E-state index in [1.807, 2.05) is 13.0 Å². The quantitative estimate of drug-likeness (QED) is 0.447. The topological polar surface area (TPSA) is 46.5 Å². The van der Waals surface area contributed by atoms with E-state index in [0.717, 1.165) is 0 Å². The van der Waals surface area contributed by atoms with Gasteiger partial charge in [-0.2, -0.15) is 0 Å². The van der Waals surface area contributed by atoms with Crippen LogP contribution in [0.1, 0.15) is 19.8 Å². The van der Waals surface area contributed by atoms with Crippen LogP contribution in [0.4, 0.5) is 0 Å². The van der Waals surface area contributed by atoms with Gasteiger partial charge in [-0.1, -0.05) is 6.08 Å². The Balaban J connectivity index is 2.49. The van der Waals surface area contributed by atoms with Gasteiger partial charge in [0.05, 0.1) is 12.5 Å². The molecule has 0 saturated carbocycles. The molecule has 0 aliphatic carbocycles. The number of rotatable bonds is 1. The first kappa shape index (κ1) is 8.27. The van der Waals surface area contributed by atoms with E-state index in [2.05, 4.69) is 0 Å². The number of aliphatic hydroxyl groups excluding tert-OH is 1. The summed E-state index contributed by atoms with van der Waals surface area (Å²) in [5.41, 5.74) is 0. The number of allylic oxidation sites excluding steroid dienone is 1. The zero-order valence-electron chi connectivity index (χ0n) is 6.49. The summed E-state index contributed by atoms with van der Waals surface area (Å²) in [6.45, 7) is 1.86. The molecule has 1 N–H and O–H groups in total. The zero-order chi connectivity index (χ0) is 8.27. The van der Waals surface area contributed by atoms with Crippen LogP contribution in [-0.2, 0) is 9.53 Å². The Kier molecular flexibility index (Phi) is 2.65. The minimum absolute atomic E-state index is 0.133. The maximum absolute atomic E-state index is 10.7. The third-order valence-electron chi connectivity index (χ3n) is 1.60. The van der Waals surface area contributed by atoms with Crippen LogP contribution in [0.2, 0.25) is 0 Å². The number of hydrogen-bond donors (Lipinski definition) is 1. The molecule has 0 bridgehead atoms. The number of hydrogen-bond acceptors (Lipinski definition) is 3. The average molecular weight is 156 g/mol. The summed E-state index contributed by atoms with van der Waals surface area (Å²) >= 11 is 0. The molecule has 0 aromatic carbocycles. The van der Waals surface area contributed by atoms with Gasteiger partial charge in [0, 0.05) is 6.42 Å². The van der Waals surface area contributed by atoms with Crippen molar-refractivity contribution in [1.29, 1.82) is 0 Å². The Morgan fingerprint density at radius 2 is 2.45 bits per heavy atom. The Bertz CT molecular complexity index is 174. The molecular weight excluding hydrogens is 144 g/mol. The molecule has 0 aromatic heterocycles. The number of aliphatic hydroxyl groups is 1. The second-order valence-corrected chi connectivity index (χ2v) is 2.65. The molecule has 0 radical (unpaired) electrons. The number of carbonyl (C=O) groups is 1. The maximum atomic E-state index is 10.7. The van der Waals surface area contributed by atoms with Crippen molar-refractivity contribution in [2.75, 3.05) is 0 Å². The second kappa shape index (κ2) is 3.53. The molecule has 0 aromatic rings. The predicted molar refractivity (Wildman–Crippen MR) is 39.9 cm³/mol. The zero-order valence-corrected chi connectivity index (χ0v) is 6.49. The van der Waals surface area contributed by atoms with E-state index in [1.54, 1.807) is 6.08 Å². The Morgan fingerprint density at radius 3 is 3.00 bits per heavy atom. The van der Waals surface area contributed by atoms with Crippen molar-refractivity contribution in [3.8, 4) is 0 Å². The molecule has 11 heavy (non-hydrogen) atoms. The van der Waals surface area contributed by atoms with Gasteiger partial charge in [0.2, 0.25) is 0 Å². The molecule has 1 saturated heterocycles. The van der Waals surface area contributed by atoms with Crippen molar-refractivity contribution in [2.45, 2.75) is 32.0 Å². The lowest BCUT2D eigenvalue weighted by Crippen LogP contribution is -2.31. The SMILES string of the molecule is C/C=C/C1CC(O)CC(=O)O1. The standard InChI is InChI=1S/C8H12O3/c1-2-3-7-4-6(9)5-8(10)11-7/h2-3,6-7,9H,4-5H2,1H3/b3-2+. The fraction of sp³-hybridized carbons (Fsp3) is 0.625. The molecule has 2 atom stereocenters. The largest absolute Gasteiger partial charge is 0.458 e. The molecular formula is C8H12O3. The van der Waals surface area contributed by atoms with Crippen molar-refractivity contribution < 1.29 is 14.6 Å². The molecule has 2 unspecified atom stereocenters. The van der Waals surface area contributed by atoms with Gasteiger partial charge in [-0.15, -0.1) is 0 Å². The molecule has 1 aliphatic heterocycles. The third kappa shape index (κ3) is 2.35. The van der Waals surface area contributed by atoms with E-state index in [9.17, 15) is 4.79 Å². The van der Waals surface area contributed by atoms with E-state index in [4.69, 9.17) is 9.84 Å². The van der Waals surface area contributed by atoms with E-state index in [-0.39, 0.29) is 18.5 Å². The van der Waals surface area contributed by atoms with Gasteiger partial charge in [-0.25, -0.2) is 0 Å². The van der Waals surface area contributed by atoms with Crippen LogP contribution in [-0.4, -0.2) is 23.3 Å². The molecule has 0 spiro atoms. The fourth-order valence-electron chi connectivity index (χ4n) is 1.14. The minimum atomic E-state index is -0.530. The van der Waals surface area contributed by atoms with Crippen LogP contribution in [0, 0.1) is 0 Å². The molecule has 0 amide bonds. The number of carbonyl (C=O) groups excluding carboxylic acids is 1. The maximum Gasteiger partial charge on any atom is 0.309 e. The van der Waals surface area contributed by atoms with Crippen molar-refractivity contribution in [3.05, 3.63) is 12.2 Å². The first-order valence-electron chi connectivity index (χ1n) is 3.72. The van der Waals surface area contributed by atoms with Gasteiger partial charge in [-0.3, -0.25) is 4.79 Å². The number of cyclic esters (lactones) is 1. The molecule has 1 rings (SSSR count). The summed E-state index contributed by atoms with van der Waals surface area (Å²) in [5, 5.41) is 9.14. The van der Waals surface area contributed by atoms with Crippen molar-refractivity contribution in [1.82, 2.24) is 0 Å². The molecule has 1 fully saturated rings. The fourth-order valence-corrected chi connectivity index (χ4v) is 1.14. The minimum Gasteiger partial charge on any atom is -0.458 e. The van der Waals surface area contributed by atoms with Crippen LogP contribution in [0.3, 0.4) is 0 Å². The summed E-state index contributed by atoms with van der Waals surface area (Å²) in [7, 11) is 0. The Hall–Kier alpha value is -0.830. The lowest BCUT2D eigenvalue weighted by Gasteiger charge is -2.23. The van der Waals surface area contributed by atoms with Crippen LogP contribution >= 0.6 is 0 Å². The van der Waals surface area contributed by atoms with Crippen molar-refractivity contribution in [3.63, 3.8) is 0 Å². The molecule has 62 valence electrons. The van der Waals surface area contributed by atoms with E-state index >= 15 is 0 Å². The highest BCUT2D eigenvalue weighted by molar-refractivity contribution is 5.71. The third-order valence-corrected chi connectivity index (χ3v) is 1.60. The highest BCUT2D eigenvalue weighted by Crippen LogP contribution is 2.15. The molecule has 1 aliphatic rings. The second-order valence-electron chi connectivity index (χ2n) is 2.65. The highest BCUT2D eigenvalue weighted by atomic mass is 16.5. The van der Waals surface area contributed by atoms with Gasteiger partial charge in [-0.05, 0) is 13.0 Å². The van der Waals surface area contributed by atoms with Gasteiger partial charge in [0.1, 0.15) is 6.10 Å². The summed E-state index contributed by atoms with van der Waals surface area (Å²) < 4.78 is 4.91. The smallest absolute Gasteiger partial charge is 0.309 e. The van der Waals surface area contributed by atoms with Gasteiger partial charge < -0.3 is 9.84 Å². The predicted octanol–water partition coefficient (Wildman–Crippen LogP) is 0.629. The summed E-state index contributed by atoms with van der Waals surface area (Å²) in [6.07, 6.45) is 3.49. The Labute approximate surface area is 65.7 Å². The summed E-state index contributed by atoms with van der Waals surface area (Å²) in [6, 6.07) is 0. The highest BCUT2D eigenvalue weighted by Gasteiger charge is 2.24. The van der Waals surface area contributed by atoms with E-state index < -0.39 is 6.10 Å². The van der Waals surface area contributed by atoms with Gasteiger partial charge in [0.25, 0.3) is 0 Å². The van der Waals surface area contributed by atoms with Crippen molar-refractivity contribution in [2.24, 2.45) is 0 Å². The van der Waals surface area contributed by atoms with Gasteiger partial charge in [0.15, 0.2) is 0 Å². The monoisotopic (exact) mass is 156 g/mol. The summed E-state index contributed by atoms with van der Waals surface area (Å²) in [4.78, 5) is 10.7. The van der Waals surface area contributed by atoms with Gasteiger partial charge >= 0.3 is 5.97 Å². The molecule has 3 heteroatoms. The van der Waals surface area contributed by atoms with Crippen LogP contribution in [0.5, 0.6) is 0 Å². The van der Waals surface area contributed by atoms with Crippen molar-refractivity contribution >= 4 is 5.97 Å². The van der Waals surface area contributed by atoms with E-state index in [0.29, 0.717) is 6.42 Å². The Morgan fingerprint density at radius 1 is 1.73 bits per heavy atom. The molecule has 3 nitrogen and oxygen atoms in total. The summed E-state index contributed by atoms with van der Waals surface area (Å²) in [5.74, 6) is -0.313. The first-order valence-corrected chi connectivity index (χ1v) is 3.72. The van der Waals surface area contributed by atoms with Crippen LogP contribution in [0.25, 0.3) is 0 Å².